The molecule has 1 aliphatic heterocycles. The lowest BCUT2D eigenvalue weighted by molar-refractivity contribution is 0.0620. The van der Waals surface area contributed by atoms with Crippen molar-refractivity contribution in [2.24, 2.45) is 5.92 Å². The van der Waals surface area contributed by atoms with Gasteiger partial charge in [0.2, 0.25) is 10.0 Å². The second-order valence-electron chi connectivity index (χ2n) is 4.98. The molecule has 1 fully saturated rings. The smallest absolute Gasteiger partial charge is 0.242 e. The molecule has 0 radical (unpaired) electrons. The SMILES string of the molecule is CN(CC1CCOCC1)S(=O)(=O)c1ccc(C#N)cc1. The van der Waals surface area contributed by atoms with Gasteiger partial charge in [-0.25, -0.2) is 12.7 Å². The van der Waals surface area contributed by atoms with Crippen LogP contribution < -0.4 is 0 Å². The number of nitrogens with zero attached hydrogens (tertiary/aromatic N) is 2. The zero-order chi connectivity index (χ0) is 14.6. The van der Waals surface area contributed by atoms with Gasteiger partial charge in [0.1, 0.15) is 0 Å². The van der Waals surface area contributed by atoms with Gasteiger partial charge in [0.25, 0.3) is 0 Å². The Kier molecular flexibility index (Phi) is 4.76. The highest BCUT2D eigenvalue weighted by Crippen LogP contribution is 2.20. The van der Waals surface area contributed by atoms with Gasteiger partial charge in [-0.15, -0.1) is 0 Å². The minimum Gasteiger partial charge on any atom is -0.381 e. The largest absolute Gasteiger partial charge is 0.381 e. The van der Waals surface area contributed by atoms with Crippen molar-refractivity contribution in [3.8, 4) is 6.07 Å². The third kappa shape index (κ3) is 3.37. The molecular weight excluding hydrogens is 276 g/mol. The van der Waals surface area contributed by atoms with Crippen molar-refractivity contribution in [3.05, 3.63) is 29.8 Å². The number of hydrogen-bond acceptors (Lipinski definition) is 4. The Hall–Kier alpha value is -1.42. The van der Waals surface area contributed by atoms with Crippen molar-refractivity contribution in [2.75, 3.05) is 26.8 Å². The predicted molar refractivity (Wildman–Crippen MR) is 74.5 cm³/mol. The minimum atomic E-state index is -3.48. The third-order valence-corrected chi connectivity index (χ3v) is 5.39. The summed E-state index contributed by atoms with van der Waals surface area (Å²) in [5.41, 5.74) is 0.455. The second kappa shape index (κ2) is 6.35. The van der Waals surface area contributed by atoms with Gasteiger partial charge in [0.15, 0.2) is 0 Å². The van der Waals surface area contributed by atoms with Crippen LogP contribution in [0.2, 0.25) is 0 Å². The van der Waals surface area contributed by atoms with Crippen molar-refractivity contribution in [3.63, 3.8) is 0 Å². The van der Waals surface area contributed by atoms with E-state index < -0.39 is 10.0 Å². The van der Waals surface area contributed by atoms with Gasteiger partial charge < -0.3 is 4.74 Å². The Morgan fingerprint density at radius 2 is 1.90 bits per heavy atom. The Bertz CT molecular complexity index is 584. The minimum absolute atomic E-state index is 0.228. The molecule has 108 valence electrons. The fourth-order valence-electron chi connectivity index (χ4n) is 2.27. The van der Waals surface area contributed by atoms with Crippen molar-refractivity contribution < 1.29 is 13.2 Å². The molecule has 20 heavy (non-hydrogen) atoms. The molecule has 1 heterocycles. The molecule has 0 aromatic heterocycles. The van der Waals surface area contributed by atoms with Gasteiger partial charge in [-0.05, 0) is 43.0 Å². The van der Waals surface area contributed by atoms with Crippen molar-refractivity contribution >= 4 is 10.0 Å². The van der Waals surface area contributed by atoms with Gasteiger partial charge in [-0.1, -0.05) is 0 Å². The van der Waals surface area contributed by atoms with E-state index in [0.717, 1.165) is 12.8 Å². The molecule has 0 spiro atoms. The second-order valence-corrected chi connectivity index (χ2v) is 7.02. The topological polar surface area (TPSA) is 70.4 Å². The van der Waals surface area contributed by atoms with Crippen LogP contribution in [0.3, 0.4) is 0 Å². The Morgan fingerprint density at radius 1 is 1.30 bits per heavy atom. The monoisotopic (exact) mass is 294 g/mol. The number of nitriles is 1. The average Bonchev–Trinajstić information content (AvgIpc) is 2.48. The molecular formula is C14H18N2O3S. The summed E-state index contributed by atoms with van der Waals surface area (Å²) < 4.78 is 31.5. The van der Waals surface area contributed by atoms with E-state index in [2.05, 4.69) is 0 Å². The van der Waals surface area contributed by atoms with Gasteiger partial charge in [0, 0.05) is 26.8 Å². The van der Waals surface area contributed by atoms with Gasteiger partial charge >= 0.3 is 0 Å². The van der Waals surface area contributed by atoms with Crippen LogP contribution >= 0.6 is 0 Å². The molecule has 0 saturated carbocycles. The van der Waals surface area contributed by atoms with E-state index in [9.17, 15) is 8.42 Å². The van der Waals surface area contributed by atoms with E-state index in [4.69, 9.17) is 10.00 Å². The van der Waals surface area contributed by atoms with E-state index in [0.29, 0.717) is 31.2 Å². The van der Waals surface area contributed by atoms with Gasteiger partial charge in [-0.2, -0.15) is 5.26 Å². The average molecular weight is 294 g/mol. The third-order valence-electron chi connectivity index (χ3n) is 3.55. The fourth-order valence-corrected chi connectivity index (χ4v) is 3.52. The van der Waals surface area contributed by atoms with Crippen LogP contribution in [-0.4, -0.2) is 39.5 Å². The van der Waals surface area contributed by atoms with E-state index in [1.165, 1.54) is 28.6 Å². The van der Waals surface area contributed by atoms with Crippen LogP contribution in [0.5, 0.6) is 0 Å². The number of rotatable bonds is 4. The summed E-state index contributed by atoms with van der Waals surface area (Å²) >= 11 is 0. The van der Waals surface area contributed by atoms with Crippen molar-refractivity contribution in [2.45, 2.75) is 17.7 Å². The molecule has 0 bridgehead atoms. The molecule has 0 unspecified atom stereocenters. The van der Waals surface area contributed by atoms with Crippen LogP contribution in [0.15, 0.2) is 29.2 Å². The predicted octanol–water partition coefficient (Wildman–Crippen LogP) is 1.61. The van der Waals surface area contributed by atoms with E-state index in [1.807, 2.05) is 6.07 Å². The summed E-state index contributed by atoms with van der Waals surface area (Å²) in [4.78, 5) is 0.228. The summed E-state index contributed by atoms with van der Waals surface area (Å²) in [7, 11) is -1.88. The number of sulfonamides is 1. The molecule has 0 atom stereocenters. The summed E-state index contributed by atoms with van der Waals surface area (Å²) in [6, 6.07) is 7.99. The van der Waals surface area contributed by atoms with Gasteiger partial charge in [0.05, 0.1) is 16.5 Å². The zero-order valence-electron chi connectivity index (χ0n) is 11.4. The molecule has 5 nitrogen and oxygen atoms in total. The Balaban J connectivity index is 2.09. The number of hydrogen-bond donors (Lipinski definition) is 0. The lowest BCUT2D eigenvalue weighted by Crippen LogP contribution is -2.34. The molecule has 1 aromatic carbocycles. The summed E-state index contributed by atoms with van der Waals surface area (Å²) in [5, 5.41) is 8.74. The first-order chi connectivity index (χ1) is 9.54. The van der Waals surface area contributed by atoms with Crippen LogP contribution in [0.25, 0.3) is 0 Å². The summed E-state index contributed by atoms with van der Waals surface area (Å²) in [5.74, 6) is 0.349. The normalized spacial score (nSPS) is 17.1. The first-order valence-electron chi connectivity index (χ1n) is 6.58. The maximum absolute atomic E-state index is 12.4. The summed E-state index contributed by atoms with van der Waals surface area (Å²) in [6.07, 6.45) is 1.79. The lowest BCUT2D eigenvalue weighted by Gasteiger charge is -2.26. The number of ether oxygens (including phenoxy) is 1. The van der Waals surface area contributed by atoms with E-state index >= 15 is 0 Å². The Morgan fingerprint density at radius 3 is 2.45 bits per heavy atom. The van der Waals surface area contributed by atoms with E-state index in [1.54, 1.807) is 7.05 Å². The molecule has 2 rings (SSSR count). The highest BCUT2D eigenvalue weighted by Gasteiger charge is 2.24. The first-order valence-corrected chi connectivity index (χ1v) is 8.02. The highest BCUT2D eigenvalue weighted by atomic mass is 32.2. The van der Waals surface area contributed by atoms with Crippen LogP contribution in [0.4, 0.5) is 0 Å². The number of benzene rings is 1. The Labute approximate surface area is 119 Å². The van der Waals surface area contributed by atoms with Crippen molar-refractivity contribution in [1.29, 1.82) is 5.26 Å². The van der Waals surface area contributed by atoms with Crippen LogP contribution in [-0.2, 0) is 14.8 Å². The molecule has 6 heteroatoms. The van der Waals surface area contributed by atoms with Crippen LogP contribution in [0.1, 0.15) is 18.4 Å². The zero-order valence-corrected chi connectivity index (χ0v) is 12.3. The first kappa shape index (κ1) is 15.0. The maximum atomic E-state index is 12.4. The van der Waals surface area contributed by atoms with Crippen LogP contribution in [0, 0.1) is 17.2 Å². The molecule has 1 saturated heterocycles. The maximum Gasteiger partial charge on any atom is 0.242 e. The molecule has 0 amide bonds. The van der Waals surface area contributed by atoms with E-state index in [-0.39, 0.29) is 4.90 Å². The molecule has 0 N–H and O–H groups in total. The van der Waals surface area contributed by atoms with Gasteiger partial charge in [-0.3, -0.25) is 0 Å². The lowest BCUT2D eigenvalue weighted by atomic mass is 10.0. The van der Waals surface area contributed by atoms with Crippen molar-refractivity contribution in [1.82, 2.24) is 4.31 Å². The highest BCUT2D eigenvalue weighted by molar-refractivity contribution is 7.89. The molecule has 1 aromatic rings. The standard InChI is InChI=1S/C14H18N2O3S/c1-16(11-13-6-8-19-9-7-13)20(17,18)14-4-2-12(10-15)3-5-14/h2-5,13H,6-9,11H2,1H3. The quantitative estimate of drug-likeness (QED) is 0.846. The summed E-state index contributed by atoms with van der Waals surface area (Å²) in [6.45, 7) is 1.91. The molecule has 1 aliphatic rings. The fraction of sp³-hybridized carbons (Fsp3) is 0.500. The molecule has 0 aliphatic carbocycles.